The normalized spacial score (nSPS) is 19.7. The maximum Gasteiger partial charge on any atom is 0.0544 e. The van der Waals surface area contributed by atoms with Crippen molar-refractivity contribution in [2.45, 2.75) is 51.6 Å². The van der Waals surface area contributed by atoms with Gasteiger partial charge in [-0.1, -0.05) is 136 Å². The number of rotatable bonds is 7. The minimum atomic E-state index is -0.0566. The van der Waals surface area contributed by atoms with Gasteiger partial charge in [0.1, 0.15) is 0 Å². The van der Waals surface area contributed by atoms with E-state index in [9.17, 15) is 0 Å². The zero-order valence-electron chi connectivity index (χ0n) is 28.8. The highest BCUT2D eigenvalue weighted by Gasteiger charge is 2.53. The molecule has 2 N–H and O–H groups in total. The van der Waals surface area contributed by atoms with Crippen LogP contribution >= 0.6 is 0 Å². The Morgan fingerprint density at radius 2 is 1.45 bits per heavy atom. The molecule has 0 saturated heterocycles. The number of hydrogen-bond acceptors (Lipinski definition) is 2. The molecule has 0 amide bonds. The molecule has 0 aliphatic heterocycles. The quantitative estimate of drug-likeness (QED) is 0.139. The fourth-order valence-electron chi connectivity index (χ4n) is 9.22. The van der Waals surface area contributed by atoms with Gasteiger partial charge in [0.2, 0.25) is 0 Å². The fraction of sp³-hybridized carbons (Fsp3) is 0.217. The smallest absolute Gasteiger partial charge is 0.0544 e. The van der Waals surface area contributed by atoms with Crippen molar-refractivity contribution in [1.29, 1.82) is 0 Å². The molecular weight excluding hydrogens is 595 g/mol. The van der Waals surface area contributed by atoms with Gasteiger partial charge in [-0.25, -0.2) is 5.01 Å². The topological polar surface area (TPSA) is 34.2 Å². The number of aryl methyl sites for hydroxylation is 1. The van der Waals surface area contributed by atoms with E-state index in [0.717, 1.165) is 0 Å². The van der Waals surface area contributed by atoms with Gasteiger partial charge < -0.3 is 4.57 Å². The van der Waals surface area contributed by atoms with Crippen molar-refractivity contribution in [2.75, 3.05) is 0 Å². The average molecular weight is 638 g/mol. The molecule has 0 spiro atoms. The van der Waals surface area contributed by atoms with E-state index < -0.39 is 0 Å². The lowest BCUT2D eigenvalue weighted by Gasteiger charge is -2.29. The van der Waals surface area contributed by atoms with Crippen LogP contribution in [0.5, 0.6) is 0 Å². The molecule has 0 radical (unpaired) electrons. The monoisotopic (exact) mass is 637 g/mol. The minimum absolute atomic E-state index is 0.0566. The van der Waals surface area contributed by atoms with Gasteiger partial charge >= 0.3 is 0 Å². The van der Waals surface area contributed by atoms with Crippen LogP contribution in [0.15, 0.2) is 140 Å². The van der Waals surface area contributed by atoms with Gasteiger partial charge in [0.25, 0.3) is 0 Å². The second-order valence-corrected chi connectivity index (χ2v) is 15.0. The second-order valence-electron chi connectivity index (χ2n) is 15.0. The molecule has 4 atom stereocenters. The Kier molecular flexibility index (Phi) is 6.95. The Balaban J connectivity index is 1.13. The summed E-state index contributed by atoms with van der Waals surface area (Å²) < 4.78 is 2.50. The van der Waals surface area contributed by atoms with E-state index in [1.54, 1.807) is 0 Å². The Morgan fingerprint density at radius 1 is 0.694 bits per heavy atom. The number of nitrogens with zero attached hydrogens (tertiary/aromatic N) is 2. The van der Waals surface area contributed by atoms with Crippen molar-refractivity contribution in [3.63, 3.8) is 0 Å². The molecule has 1 aromatic heterocycles. The van der Waals surface area contributed by atoms with E-state index in [2.05, 4.69) is 177 Å². The SMILES string of the molecule is Cc1cccc(CN(N)C(c2ccccc2)[C@@H]2C(c3cccc(-n4c5ccccc5c5cc6c(cc54)C(C)(C)c4ccccc4-6)c3)[C@@H]2C)c1. The largest absolute Gasteiger partial charge is 0.309 e. The molecule has 3 nitrogen and oxygen atoms in total. The molecule has 1 fully saturated rings. The van der Waals surface area contributed by atoms with E-state index in [-0.39, 0.29) is 11.5 Å². The Labute approximate surface area is 289 Å². The number of nitrogens with two attached hydrogens (primary N) is 1. The lowest BCUT2D eigenvalue weighted by molar-refractivity contribution is 0.165. The average Bonchev–Trinajstić information content (AvgIpc) is 3.56. The molecule has 0 bridgehead atoms. The predicted octanol–water partition coefficient (Wildman–Crippen LogP) is 10.9. The van der Waals surface area contributed by atoms with Crippen LogP contribution in [0.4, 0.5) is 0 Å². The standard InChI is InChI=1S/C46H43N3/c1-29-14-12-15-31(24-29)28-48(47)45(32-16-6-5-7-17-32)44-30(2)43(44)33-18-13-19-34(25-33)49-41-23-11-9-21-36(41)38-26-37-35-20-8-10-22-39(35)46(3,4)40(37)27-42(38)49/h5-27,30,43-45H,28,47H2,1-4H3/t30-,43?,44-,45?/m0/s1. The van der Waals surface area contributed by atoms with Crippen LogP contribution in [0, 0.1) is 18.8 Å². The first-order chi connectivity index (χ1) is 23.8. The van der Waals surface area contributed by atoms with Crippen LogP contribution in [-0.2, 0) is 12.0 Å². The first-order valence-corrected chi connectivity index (χ1v) is 17.7. The van der Waals surface area contributed by atoms with E-state index in [1.807, 2.05) is 0 Å². The minimum Gasteiger partial charge on any atom is -0.309 e. The third-order valence-electron chi connectivity index (χ3n) is 11.6. The number of hydrazine groups is 1. The number of hydrogen-bond donors (Lipinski definition) is 1. The molecule has 1 heterocycles. The number of aromatic nitrogens is 1. The van der Waals surface area contributed by atoms with Gasteiger partial charge in [-0.3, -0.25) is 5.84 Å². The first kappa shape index (κ1) is 30.1. The zero-order valence-corrected chi connectivity index (χ0v) is 28.8. The van der Waals surface area contributed by atoms with Crippen molar-refractivity contribution >= 4 is 21.8 Å². The van der Waals surface area contributed by atoms with Crippen molar-refractivity contribution in [1.82, 2.24) is 9.58 Å². The van der Waals surface area contributed by atoms with Gasteiger partial charge in [-0.05, 0) is 94.0 Å². The molecule has 1 saturated carbocycles. The molecule has 2 aliphatic rings. The summed E-state index contributed by atoms with van der Waals surface area (Å²) in [7, 11) is 0. The molecule has 7 aromatic rings. The maximum atomic E-state index is 7.03. The van der Waals surface area contributed by atoms with Crippen molar-refractivity contribution in [3.05, 3.63) is 173 Å². The third kappa shape index (κ3) is 4.79. The van der Waals surface area contributed by atoms with E-state index in [1.165, 1.54) is 72.0 Å². The van der Waals surface area contributed by atoms with Crippen LogP contribution in [0.3, 0.4) is 0 Å². The van der Waals surface area contributed by atoms with Crippen LogP contribution in [0.1, 0.15) is 66.1 Å². The molecule has 49 heavy (non-hydrogen) atoms. The summed E-state index contributed by atoms with van der Waals surface area (Å²) in [5, 5.41) is 4.69. The van der Waals surface area contributed by atoms with Crippen LogP contribution < -0.4 is 5.84 Å². The number of benzene rings is 6. The first-order valence-electron chi connectivity index (χ1n) is 17.7. The summed E-state index contributed by atoms with van der Waals surface area (Å²) in [4.78, 5) is 0. The Bertz CT molecular complexity index is 2360. The highest BCUT2D eigenvalue weighted by molar-refractivity contribution is 6.11. The number of fused-ring (bicyclic) bond motifs is 6. The van der Waals surface area contributed by atoms with Gasteiger partial charge in [0.15, 0.2) is 0 Å². The molecule has 2 aliphatic carbocycles. The molecular formula is C46H43N3. The Hall–Kier alpha value is -4.96. The molecule has 242 valence electrons. The summed E-state index contributed by atoms with van der Waals surface area (Å²) in [6, 6.07) is 51.8. The Morgan fingerprint density at radius 3 is 2.29 bits per heavy atom. The van der Waals surface area contributed by atoms with E-state index >= 15 is 0 Å². The molecule has 3 heteroatoms. The summed E-state index contributed by atoms with van der Waals surface area (Å²) in [6.07, 6.45) is 0. The molecule has 2 unspecified atom stereocenters. The second kappa shape index (κ2) is 11.3. The van der Waals surface area contributed by atoms with Crippen molar-refractivity contribution in [2.24, 2.45) is 17.7 Å². The summed E-state index contributed by atoms with van der Waals surface area (Å²) in [5.74, 6) is 8.37. The summed E-state index contributed by atoms with van der Waals surface area (Å²) in [6.45, 7) is 10.0. The summed E-state index contributed by atoms with van der Waals surface area (Å²) in [5.41, 5.74) is 14.4. The highest BCUT2D eigenvalue weighted by atomic mass is 15.4. The van der Waals surface area contributed by atoms with Crippen LogP contribution in [0.2, 0.25) is 0 Å². The third-order valence-corrected chi connectivity index (χ3v) is 11.6. The zero-order chi connectivity index (χ0) is 33.4. The fourth-order valence-corrected chi connectivity index (χ4v) is 9.22. The van der Waals surface area contributed by atoms with Crippen LogP contribution in [0.25, 0.3) is 38.6 Å². The van der Waals surface area contributed by atoms with Gasteiger partial charge in [0.05, 0.1) is 17.1 Å². The summed E-state index contributed by atoms with van der Waals surface area (Å²) >= 11 is 0. The van der Waals surface area contributed by atoms with Gasteiger partial charge in [-0.2, -0.15) is 0 Å². The molecule has 9 rings (SSSR count). The lowest BCUT2D eigenvalue weighted by Crippen LogP contribution is -2.36. The molecule has 6 aromatic carbocycles. The van der Waals surface area contributed by atoms with E-state index in [0.29, 0.717) is 24.3 Å². The van der Waals surface area contributed by atoms with E-state index in [4.69, 9.17) is 5.84 Å². The van der Waals surface area contributed by atoms with Crippen molar-refractivity contribution in [3.8, 4) is 16.8 Å². The van der Waals surface area contributed by atoms with Crippen LogP contribution in [-0.4, -0.2) is 9.58 Å². The van der Waals surface area contributed by atoms with Gasteiger partial charge in [-0.15, -0.1) is 0 Å². The predicted molar refractivity (Wildman–Crippen MR) is 204 cm³/mol. The number of para-hydroxylation sites is 1. The maximum absolute atomic E-state index is 7.03. The van der Waals surface area contributed by atoms with Gasteiger partial charge in [0, 0.05) is 28.4 Å². The highest BCUT2D eigenvalue weighted by Crippen LogP contribution is 2.61. The lowest BCUT2D eigenvalue weighted by atomic mass is 9.82. The van der Waals surface area contributed by atoms with Crippen molar-refractivity contribution < 1.29 is 0 Å².